The molecule has 0 heteroatoms. The molecule has 4 rings (SSSR count). The lowest BCUT2D eigenvalue weighted by atomic mass is 9.78. The summed E-state index contributed by atoms with van der Waals surface area (Å²) < 4.78 is 0. The first-order valence-electron chi connectivity index (χ1n) is 8.32. The van der Waals surface area contributed by atoms with Crippen LogP contribution >= 0.6 is 0 Å². The molecule has 1 aliphatic carbocycles. The minimum atomic E-state index is 0.0642. The molecule has 3 aromatic carbocycles. The molecule has 0 spiro atoms. The van der Waals surface area contributed by atoms with E-state index in [2.05, 4.69) is 88.4 Å². The Balaban J connectivity index is 2.02. The van der Waals surface area contributed by atoms with Gasteiger partial charge >= 0.3 is 0 Å². The summed E-state index contributed by atoms with van der Waals surface area (Å²) in [4.78, 5) is 0. The van der Waals surface area contributed by atoms with Crippen LogP contribution in [0.1, 0.15) is 36.1 Å². The number of rotatable bonds is 1. The number of fused-ring (bicyclic) bond motifs is 3. The normalized spacial score (nSPS) is 14.4. The molecule has 0 aromatic heterocycles. The molecule has 1 aliphatic rings. The Morgan fingerprint density at radius 2 is 1.22 bits per heavy atom. The van der Waals surface area contributed by atoms with E-state index in [1.165, 1.54) is 44.5 Å². The van der Waals surface area contributed by atoms with Crippen LogP contribution in [-0.2, 0) is 5.41 Å². The van der Waals surface area contributed by atoms with E-state index < -0.39 is 0 Å². The Morgan fingerprint density at radius 1 is 0.609 bits per heavy atom. The molecule has 0 fully saturated rings. The Morgan fingerprint density at radius 3 is 1.96 bits per heavy atom. The monoisotopic (exact) mass is 298 g/mol. The highest BCUT2D eigenvalue weighted by atomic mass is 14.4. The molecule has 0 N–H and O–H groups in total. The Bertz CT molecular complexity index is 913. The second kappa shape index (κ2) is 4.83. The van der Waals surface area contributed by atoms with Crippen LogP contribution in [0.3, 0.4) is 0 Å². The summed E-state index contributed by atoms with van der Waals surface area (Å²) in [5.41, 5.74) is 11.3. The van der Waals surface area contributed by atoms with E-state index in [-0.39, 0.29) is 5.41 Å². The lowest BCUT2D eigenvalue weighted by Crippen LogP contribution is -2.16. The minimum absolute atomic E-state index is 0.0642. The number of benzene rings is 3. The third-order valence-electron chi connectivity index (χ3n) is 5.42. The molecule has 0 amide bonds. The van der Waals surface area contributed by atoms with Crippen molar-refractivity contribution in [1.82, 2.24) is 0 Å². The first kappa shape index (κ1) is 14.3. The molecule has 0 aliphatic heterocycles. The van der Waals surface area contributed by atoms with Crippen LogP contribution in [0.15, 0.2) is 60.7 Å². The van der Waals surface area contributed by atoms with Gasteiger partial charge in [-0.1, -0.05) is 74.5 Å². The van der Waals surface area contributed by atoms with Gasteiger partial charge < -0.3 is 0 Å². The van der Waals surface area contributed by atoms with Crippen molar-refractivity contribution in [3.63, 3.8) is 0 Å². The van der Waals surface area contributed by atoms with Crippen LogP contribution in [0, 0.1) is 13.8 Å². The van der Waals surface area contributed by atoms with Gasteiger partial charge in [-0.25, -0.2) is 0 Å². The average molecular weight is 298 g/mol. The van der Waals surface area contributed by atoms with Gasteiger partial charge in [0.05, 0.1) is 0 Å². The predicted molar refractivity (Wildman–Crippen MR) is 98.9 cm³/mol. The van der Waals surface area contributed by atoms with E-state index in [0.717, 1.165) is 0 Å². The first-order chi connectivity index (χ1) is 11.0. The highest BCUT2D eigenvalue weighted by molar-refractivity contribution is 5.86. The van der Waals surface area contributed by atoms with Crippen molar-refractivity contribution in [3.05, 3.63) is 82.9 Å². The maximum atomic E-state index is 2.35. The molecule has 0 atom stereocenters. The maximum Gasteiger partial charge on any atom is 0.0161 e. The van der Waals surface area contributed by atoms with Crippen LogP contribution < -0.4 is 0 Å². The zero-order valence-corrected chi connectivity index (χ0v) is 14.3. The standard InChI is InChI=1S/C23H22/c1-15-9-5-6-10-17(15)18-13-14-20-19-11-7-8-12-21(19)23(3,4)22(20)16(18)2/h5-14H,1-4H3. The Kier molecular flexibility index (Phi) is 2.99. The molecule has 0 nitrogen and oxygen atoms in total. The largest absolute Gasteiger partial charge is 0.0620 e. The van der Waals surface area contributed by atoms with Gasteiger partial charge in [0.1, 0.15) is 0 Å². The summed E-state index contributed by atoms with van der Waals surface area (Å²) in [6, 6.07) is 22.1. The molecule has 0 radical (unpaired) electrons. The van der Waals surface area contributed by atoms with Gasteiger partial charge in [-0.2, -0.15) is 0 Å². The van der Waals surface area contributed by atoms with E-state index in [4.69, 9.17) is 0 Å². The van der Waals surface area contributed by atoms with E-state index >= 15 is 0 Å². The quantitative estimate of drug-likeness (QED) is 0.496. The van der Waals surface area contributed by atoms with Crippen molar-refractivity contribution in [2.24, 2.45) is 0 Å². The fourth-order valence-corrected chi connectivity index (χ4v) is 4.31. The molecule has 0 saturated carbocycles. The Hall–Kier alpha value is -2.34. The third kappa shape index (κ3) is 1.91. The molecule has 0 saturated heterocycles. The van der Waals surface area contributed by atoms with Gasteiger partial charge in [0.25, 0.3) is 0 Å². The minimum Gasteiger partial charge on any atom is -0.0620 e. The number of hydrogen-bond donors (Lipinski definition) is 0. The van der Waals surface area contributed by atoms with E-state index in [1.807, 2.05) is 0 Å². The van der Waals surface area contributed by atoms with Crippen LogP contribution in [0.2, 0.25) is 0 Å². The molecule has 114 valence electrons. The van der Waals surface area contributed by atoms with E-state index in [0.29, 0.717) is 0 Å². The van der Waals surface area contributed by atoms with Crippen molar-refractivity contribution < 1.29 is 0 Å². The number of hydrogen-bond acceptors (Lipinski definition) is 0. The van der Waals surface area contributed by atoms with Crippen molar-refractivity contribution in [2.75, 3.05) is 0 Å². The van der Waals surface area contributed by atoms with Gasteiger partial charge in [-0.05, 0) is 58.4 Å². The molecule has 23 heavy (non-hydrogen) atoms. The van der Waals surface area contributed by atoms with Crippen molar-refractivity contribution in [1.29, 1.82) is 0 Å². The van der Waals surface area contributed by atoms with Gasteiger partial charge in [0.2, 0.25) is 0 Å². The fourth-order valence-electron chi connectivity index (χ4n) is 4.31. The summed E-state index contributed by atoms with van der Waals surface area (Å²) in [5.74, 6) is 0. The highest BCUT2D eigenvalue weighted by Crippen LogP contribution is 2.51. The van der Waals surface area contributed by atoms with Crippen molar-refractivity contribution >= 4 is 0 Å². The lowest BCUT2D eigenvalue weighted by molar-refractivity contribution is 0.656. The zero-order valence-electron chi connectivity index (χ0n) is 14.3. The van der Waals surface area contributed by atoms with Crippen LogP contribution in [0.25, 0.3) is 22.3 Å². The smallest absolute Gasteiger partial charge is 0.0161 e. The van der Waals surface area contributed by atoms with Gasteiger partial charge in [0, 0.05) is 5.41 Å². The van der Waals surface area contributed by atoms with Gasteiger partial charge in [0.15, 0.2) is 0 Å². The summed E-state index contributed by atoms with van der Waals surface area (Å²) in [6.45, 7) is 9.19. The third-order valence-corrected chi connectivity index (χ3v) is 5.42. The maximum absolute atomic E-state index is 2.35. The predicted octanol–water partition coefficient (Wildman–Crippen LogP) is 6.28. The SMILES string of the molecule is Cc1ccccc1-c1ccc2c(c1C)C(C)(C)c1ccccc1-2. The first-order valence-corrected chi connectivity index (χ1v) is 8.32. The fraction of sp³-hybridized carbons (Fsp3) is 0.217. The van der Waals surface area contributed by atoms with Gasteiger partial charge in [-0.3, -0.25) is 0 Å². The number of aryl methyl sites for hydroxylation is 1. The second-order valence-corrected chi connectivity index (χ2v) is 7.15. The average Bonchev–Trinajstić information content (AvgIpc) is 2.78. The highest BCUT2D eigenvalue weighted by Gasteiger charge is 2.36. The van der Waals surface area contributed by atoms with E-state index in [1.54, 1.807) is 0 Å². The summed E-state index contributed by atoms with van der Waals surface area (Å²) in [5, 5.41) is 0. The topological polar surface area (TPSA) is 0 Å². The second-order valence-electron chi connectivity index (χ2n) is 7.15. The van der Waals surface area contributed by atoms with Crippen LogP contribution in [-0.4, -0.2) is 0 Å². The van der Waals surface area contributed by atoms with E-state index in [9.17, 15) is 0 Å². The molecule has 0 unspecified atom stereocenters. The molecular formula is C23H22. The van der Waals surface area contributed by atoms with Crippen LogP contribution in [0.4, 0.5) is 0 Å². The zero-order chi connectivity index (χ0) is 16.2. The molecular weight excluding hydrogens is 276 g/mol. The Labute approximate surface area is 138 Å². The summed E-state index contributed by atoms with van der Waals surface area (Å²) >= 11 is 0. The molecule has 3 aromatic rings. The van der Waals surface area contributed by atoms with Crippen molar-refractivity contribution in [3.8, 4) is 22.3 Å². The van der Waals surface area contributed by atoms with Crippen molar-refractivity contribution in [2.45, 2.75) is 33.1 Å². The summed E-state index contributed by atoms with van der Waals surface area (Å²) in [6.07, 6.45) is 0. The van der Waals surface area contributed by atoms with Crippen LogP contribution in [0.5, 0.6) is 0 Å². The summed E-state index contributed by atoms with van der Waals surface area (Å²) in [7, 11) is 0. The molecule has 0 heterocycles. The lowest BCUT2D eigenvalue weighted by Gasteiger charge is -2.25. The van der Waals surface area contributed by atoms with Gasteiger partial charge in [-0.15, -0.1) is 0 Å². The molecule has 0 bridgehead atoms.